The Bertz CT molecular complexity index is 364. The zero-order valence-corrected chi connectivity index (χ0v) is 8.91. The Labute approximate surface area is 92.8 Å². The van der Waals surface area contributed by atoms with E-state index in [1.165, 1.54) is 0 Å². The summed E-state index contributed by atoms with van der Waals surface area (Å²) >= 11 is 5.82. The maximum atomic E-state index is 10.7. The van der Waals surface area contributed by atoms with Crippen molar-refractivity contribution in [3.63, 3.8) is 0 Å². The van der Waals surface area contributed by atoms with Gasteiger partial charge in [-0.05, 0) is 12.1 Å². The van der Waals surface area contributed by atoms with Gasteiger partial charge in [-0.2, -0.15) is 0 Å². The number of hydrogen-bond donors (Lipinski definition) is 0. The molecule has 1 fully saturated rings. The lowest BCUT2D eigenvalue weighted by Crippen LogP contribution is -2.36. The fourth-order valence-corrected chi connectivity index (χ4v) is 1.74. The van der Waals surface area contributed by atoms with E-state index < -0.39 is 0 Å². The van der Waals surface area contributed by atoms with Gasteiger partial charge < -0.3 is 9.64 Å². The molecule has 1 aromatic heterocycles. The summed E-state index contributed by atoms with van der Waals surface area (Å²) < 4.78 is 5.24. The summed E-state index contributed by atoms with van der Waals surface area (Å²) in [6, 6.07) is 3.29. The lowest BCUT2D eigenvalue weighted by atomic mass is 10.2. The van der Waals surface area contributed by atoms with Gasteiger partial charge in [0.15, 0.2) is 0 Å². The van der Waals surface area contributed by atoms with Crippen molar-refractivity contribution < 1.29 is 9.53 Å². The third-order valence-electron chi connectivity index (χ3n) is 2.27. The Morgan fingerprint density at radius 1 is 1.40 bits per heavy atom. The number of carbonyl (C=O) groups excluding carboxylic acids is 1. The van der Waals surface area contributed by atoms with Gasteiger partial charge in [0.1, 0.15) is 17.3 Å². The van der Waals surface area contributed by atoms with Gasteiger partial charge in [-0.25, -0.2) is 4.98 Å². The van der Waals surface area contributed by atoms with Crippen molar-refractivity contribution in [3.05, 3.63) is 22.8 Å². The molecule has 15 heavy (non-hydrogen) atoms. The maximum absolute atomic E-state index is 10.7. The molecule has 0 atom stereocenters. The van der Waals surface area contributed by atoms with Crippen LogP contribution in [-0.2, 0) is 4.74 Å². The first-order valence-corrected chi connectivity index (χ1v) is 5.13. The molecule has 80 valence electrons. The highest BCUT2D eigenvalue weighted by atomic mass is 35.5. The summed E-state index contributed by atoms with van der Waals surface area (Å²) in [5.74, 6) is 0.743. The van der Waals surface area contributed by atoms with Gasteiger partial charge in [-0.15, -0.1) is 0 Å². The number of aromatic nitrogens is 1. The molecule has 0 unspecified atom stereocenters. The zero-order chi connectivity index (χ0) is 10.7. The minimum absolute atomic E-state index is 0.348. The molecule has 1 saturated heterocycles. The second-order valence-electron chi connectivity index (χ2n) is 3.30. The largest absolute Gasteiger partial charge is 0.378 e. The van der Waals surface area contributed by atoms with E-state index in [0.717, 1.165) is 25.2 Å². The average molecular weight is 227 g/mol. The predicted octanol–water partition coefficient (Wildman–Crippen LogP) is 1.38. The van der Waals surface area contributed by atoms with Crippen molar-refractivity contribution in [2.45, 2.75) is 0 Å². The van der Waals surface area contributed by atoms with E-state index in [1.54, 1.807) is 12.1 Å². The molecular formula is C10H11ClN2O2. The van der Waals surface area contributed by atoms with Crippen LogP contribution in [0.2, 0.25) is 5.15 Å². The van der Waals surface area contributed by atoms with E-state index >= 15 is 0 Å². The SMILES string of the molecule is O=Cc1cc(Cl)nc(N2CCOCC2)c1. The number of aldehydes is 1. The fourth-order valence-electron chi connectivity index (χ4n) is 1.52. The molecule has 2 rings (SSSR count). The topological polar surface area (TPSA) is 42.4 Å². The Hall–Kier alpha value is -1.13. The van der Waals surface area contributed by atoms with Crippen LogP contribution in [0.5, 0.6) is 0 Å². The third-order valence-corrected chi connectivity index (χ3v) is 2.47. The van der Waals surface area contributed by atoms with Crippen LogP contribution >= 0.6 is 11.6 Å². The van der Waals surface area contributed by atoms with Crippen molar-refractivity contribution in [3.8, 4) is 0 Å². The number of nitrogens with zero attached hydrogens (tertiary/aromatic N) is 2. The summed E-state index contributed by atoms with van der Waals surface area (Å²) in [7, 11) is 0. The lowest BCUT2D eigenvalue weighted by molar-refractivity contribution is 0.112. The molecule has 0 aliphatic carbocycles. The number of ether oxygens (including phenoxy) is 1. The van der Waals surface area contributed by atoms with Crippen molar-refractivity contribution in [1.82, 2.24) is 4.98 Å². The molecular weight excluding hydrogens is 216 g/mol. The molecule has 5 heteroatoms. The van der Waals surface area contributed by atoms with Crippen LogP contribution in [0.25, 0.3) is 0 Å². The Morgan fingerprint density at radius 2 is 2.13 bits per heavy atom. The molecule has 1 aliphatic rings. The van der Waals surface area contributed by atoms with Gasteiger partial charge in [-0.1, -0.05) is 11.6 Å². The Morgan fingerprint density at radius 3 is 2.80 bits per heavy atom. The molecule has 0 radical (unpaired) electrons. The molecule has 0 N–H and O–H groups in total. The van der Waals surface area contributed by atoms with E-state index in [-0.39, 0.29) is 0 Å². The highest BCUT2D eigenvalue weighted by Gasteiger charge is 2.13. The highest BCUT2D eigenvalue weighted by molar-refractivity contribution is 6.29. The first-order valence-electron chi connectivity index (χ1n) is 4.75. The molecule has 0 spiro atoms. The highest BCUT2D eigenvalue weighted by Crippen LogP contribution is 2.18. The van der Waals surface area contributed by atoms with E-state index in [9.17, 15) is 4.79 Å². The molecule has 2 heterocycles. The molecule has 1 aromatic rings. The smallest absolute Gasteiger partial charge is 0.150 e. The number of anilines is 1. The number of pyridine rings is 1. The lowest BCUT2D eigenvalue weighted by Gasteiger charge is -2.27. The van der Waals surface area contributed by atoms with Crippen molar-refractivity contribution in [2.24, 2.45) is 0 Å². The van der Waals surface area contributed by atoms with E-state index in [2.05, 4.69) is 9.88 Å². The van der Waals surface area contributed by atoms with Crippen LogP contribution in [0, 0.1) is 0 Å². The van der Waals surface area contributed by atoms with Crippen molar-refractivity contribution in [1.29, 1.82) is 0 Å². The quantitative estimate of drug-likeness (QED) is 0.565. The number of hydrogen-bond acceptors (Lipinski definition) is 4. The Kier molecular flexibility index (Phi) is 3.18. The van der Waals surface area contributed by atoms with Gasteiger partial charge in [0.2, 0.25) is 0 Å². The van der Waals surface area contributed by atoms with E-state index in [4.69, 9.17) is 16.3 Å². The summed E-state index contributed by atoms with van der Waals surface area (Å²) in [5, 5.41) is 0.348. The summed E-state index contributed by atoms with van der Waals surface area (Å²) in [5.41, 5.74) is 0.552. The molecule has 1 aliphatic heterocycles. The van der Waals surface area contributed by atoms with Gasteiger partial charge in [0.05, 0.1) is 13.2 Å². The molecule has 0 aromatic carbocycles. The Balaban J connectivity index is 2.25. The van der Waals surface area contributed by atoms with Crippen molar-refractivity contribution in [2.75, 3.05) is 31.2 Å². The molecule has 0 bridgehead atoms. The van der Waals surface area contributed by atoms with Crippen LogP contribution in [-0.4, -0.2) is 37.6 Å². The van der Waals surface area contributed by atoms with Crippen LogP contribution in [0.1, 0.15) is 10.4 Å². The summed E-state index contributed by atoms with van der Waals surface area (Å²) in [6.07, 6.45) is 0.775. The molecule has 0 saturated carbocycles. The average Bonchev–Trinajstić information content (AvgIpc) is 2.29. The molecule has 0 amide bonds. The number of carbonyl (C=O) groups is 1. The minimum Gasteiger partial charge on any atom is -0.378 e. The predicted molar refractivity (Wildman–Crippen MR) is 57.7 cm³/mol. The molecule has 4 nitrogen and oxygen atoms in total. The van der Waals surface area contributed by atoms with Gasteiger partial charge in [-0.3, -0.25) is 4.79 Å². The maximum Gasteiger partial charge on any atom is 0.150 e. The van der Waals surface area contributed by atoms with Gasteiger partial charge in [0.25, 0.3) is 0 Å². The number of rotatable bonds is 2. The van der Waals surface area contributed by atoms with Gasteiger partial charge >= 0.3 is 0 Å². The van der Waals surface area contributed by atoms with Crippen LogP contribution in [0.15, 0.2) is 12.1 Å². The summed E-state index contributed by atoms with van der Waals surface area (Å²) in [6.45, 7) is 2.94. The van der Waals surface area contributed by atoms with Crippen LogP contribution in [0.4, 0.5) is 5.82 Å². The third kappa shape index (κ3) is 2.46. The minimum atomic E-state index is 0.348. The number of halogens is 1. The normalized spacial score (nSPS) is 16.5. The van der Waals surface area contributed by atoms with E-state index in [0.29, 0.717) is 23.9 Å². The second-order valence-corrected chi connectivity index (χ2v) is 3.69. The van der Waals surface area contributed by atoms with Crippen LogP contribution < -0.4 is 4.90 Å². The fraction of sp³-hybridized carbons (Fsp3) is 0.400. The van der Waals surface area contributed by atoms with Crippen LogP contribution in [0.3, 0.4) is 0 Å². The first kappa shape index (κ1) is 10.4. The van der Waals surface area contributed by atoms with Gasteiger partial charge in [0, 0.05) is 18.7 Å². The summed E-state index contributed by atoms with van der Waals surface area (Å²) in [4.78, 5) is 16.9. The zero-order valence-electron chi connectivity index (χ0n) is 8.15. The first-order chi connectivity index (χ1) is 7.29. The second kappa shape index (κ2) is 4.59. The standard InChI is InChI=1S/C10H11ClN2O2/c11-9-5-8(7-14)6-10(12-9)13-1-3-15-4-2-13/h5-7H,1-4H2. The van der Waals surface area contributed by atoms with E-state index in [1.807, 2.05) is 0 Å². The number of morpholine rings is 1. The monoisotopic (exact) mass is 226 g/mol. The van der Waals surface area contributed by atoms with Crippen molar-refractivity contribution >= 4 is 23.7 Å².